The molecular weight excluding hydrogens is 472 g/mol. The summed E-state index contributed by atoms with van der Waals surface area (Å²) in [7, 11) is -3.54. The fraction of sp³-hybridized carbons (Fsp3) is 0.480. The molecule has 0 aromatic heterocycles. The van der Waals surface area contributed by atoms with Crippen LogP contribution in [0.3, 0.4) is 0 Å². The Morgan fingerprint density at radius 2 is 1.80 bits per heavy atom. The average molecular weight is 507 g/mol. The molecule has 4 N–H and O–H groups in total. The second kappa shape index (κ2) is 12.2. The fourth-order valence-corrected chi connectivity index (χ4v) is 4.74. The molecule has 0 radical (unpaired) electrons. The van der Waals surface area contributed by atoms with Crippen LogP contribution in [0, 0.1) is 0 Å². The van der Waals surface area contributed by atoms with Crippen molar-refractivity contribution >= 4 is 21.7 Å². The van der Waals surface area contributed by atoms with E-state index >= 15 is 0 Å². The van der Waals surface area contributed by atoms with Gasteiger partial charge in [-0.05, 0) is 68.4 Å². The zero-order valence-corrected chi connectivity index (χ0v) is 20.9. The second-order valence-electron chi connectivity index (χ2n) is 8.82. The summed E-state index contributed by atoms with van der Waals surface area (Å²) >= 11 is 0. The molecule has 0 heterocycles. The van der Waals surface area contributed by atoms with Gasteiger partial charge in [0.2, 0.25) is 10.0 Å². The molecule has 9 nitrogen and oxygen atoms in total. The van der Waals surface area contributed by atoms with Crippen molar-refractivity contribution in [3.8, 4) is 11.5 Å². The van der Waals surface area contributed by atoms with Gasteiger partial charge in [0.1, 0.15) is 24.2 Å². The summed E-state index contributed by atoms with van der Waals surface area (Å²) in [4.78, 5) is 11.8. The Bertz CT molecular complexity index is 1080. The van der Waals surface area contributed by atoms with Crippen LogP contribution in [0.4, 0.5) is 5.69 Å². The fourth-order valence-electron chi connectivity index (χ4n) is 4.18. The van der Waals surface area contributed by atoms with Crippen LogP contribution in [-0.2, 0) is 14.8 Å². The number of ether oxygens (including phenoxy) is 2. The van der Waals surface area contributed by atoms with Crippen LogP contribution in [0.15, 0.2) is 42.5 Å². The first-order valence-electron chi connectivity index (χ1n) is 11.8. The van der Waals surface area contributed by atoms with Crippen molar-refractivity contribution < 1.29 is 32.9 Å². The van der Waals surface area contributed by atoms with E-state index in [-0.39, 0.29) is 24.0 Å². The molecule has 1 unspecified atom stereocenters. The summed E-state index contributed by atoms with van der Waals surface area (Å²) in [5, 5.41) is 23.5. The number of aliphatic hydroxyl groups is 1. The van der Waals surface area contributed by atoms with Gasteiger partial charge < -0.3 is 25.0 Å². The van der Waals surface area contributed by atoms with Crippen LogP contribution in [0.1, 0.15) is 54.4 Å². The minimum absolute atomic E-state index is 0.0184. The van der Waals surface area contributed by atoms with Crippen molar-refractivity contribution in [2.45, 2.75) is 50.7 Å². The minimum atomic E-state index is -3.54. The first kappa shape index (κ1) is 26.8. The average Bonchev–Trinajstić information content (AvgIpc) is 2.83. The largest absolute Gasteiger partial charge is 0.506 e. The number of aromatic hydroxyl groups is 1. The number of anilines is 1. The number of hydrogen-bond donors (Lipinski definition) is 4. The maximum atomic E-state index is 11.8. The molecule has 1 atom stereocenters. The highest BCUT2D eigenvalue weighted by atomic mass is 32.2. The molecule has 0 bridgehead atoms. The SMILES string of the molecule is CCOC(=O)c1ccc(C2CCC(NCC(O)COc3ccc(O)c(NS(C)(=O)=O)c3)CC2)cc1. The van der Waals surface area contributed by atoms with E-state index in [0.717, 1.165) is 31.9 Å². The van der Waals surface area contributed by atoms with Gasteiger partial charge in [-0.1, -0.05) is 12.1 Å². The van der Waals surface area contributed by atoms with Gasteiger partial charge in [0.25, 0.3) is 0 Å². The number of esters is 1. The molecule has 1 aliphatic carbocycles. The second-order valence-corrected chi connectivity index (χ2v) is 10.6. The molecule has 10 heteroatoms. The molecule has 192 valence electrons. The Balaban J connectivity index is 1.40. The molecule has 0 saturated heterocycles. The molecule has 0 aliphatic heterocycles. The van der Waals surface area contributed by atoms with Crippen molar-refractivity contribution in [2.24, 2.45) is 0 Å². The number of phenols is 1. The van der Waals surface area contributed by atoms with Gasteiger partial charge in [0.15, 0.2) is 0 Å². The van der Waals surface area contributed by atoms with Crippen LogP contribution in [-0.4, -0.2) is 62.8 Å². The first-order valence-corrected chi connectivity index (χ1v) is 13.7. The topological polar surface area (TPSA) is 134 Å². The van der Waals surface area contributed by atoms with Crippen molar-refractivity contribution in [1.82, 2.24) is 5.32 Å². The van der Waals surface area contributed by atoms with Crippen molar-refractivity contribution in [2.75, 3.05) is 30.7 Å². The van der Waals surface area contributed by atoms with E-state index in [9.17, 15) is 23.4 Å². The zero-order chi connectivity index (χ0) is 25.4. The predicted molar refractivity (Wildman–Crippen MR) is 133 cm³/mol. The summed E-state index contributed by atoms with van der Waals surface area (Å²) in [6.07, 6.45) is 4.25. The van der Waals surface area contributed by atoms with E-state index in [1.54, 1.807) is 6.92 Å². The van der Waals surface area contributed by atoms with Crippen molar-refractivity contribution in [3.05, 3.63) is 53.6 Å². The van der Waals surface area contributed by atoms with Crippen LogP contribution in [0.2, 0.25) is 0 Å². The van der Waals surface area contributed by atoms with E-state index < -0.39 is 16.1 Å². The minimum Gasteiger partial charge on any atom is -0.506 e. The van der Waals surface area contributed by atoms with Gasteiger partial charge >= 0.3 is 5.97 Å². The quantitative estimate of drug-likeness (QED) is 0.270. The molecular formula is C25H34N2O7S. The maximum Gasteiger partial charge on any atom is 0.338 e. The third-order valence-corrected chi connectivity index (χ3v) is 6.56. The Morgan fingerprint density at radius 3 is 2.43 bits per heavy atom. The number of nitrogens with one attached hydrogen (secondary N) is 2. The van der Waals surface area contributed by atoms with E-state index in [2.05, 4.69) is 10.0 Å². The Labute approximate surface area is 206 Å². The highest BCUT2D eigenvalue weighted by molar-refractivity contribution is 7.92. The lowest BCUT2D eigenvalue weighted by Crippen LogP contribution is -2.39. The first-order chi connectivity index (χ1) is 16.6. The van der Waals surface area contributed by atoms with E-state index in [4.69, 9.17) is 9.47 Å². The normalized spacial score (nSPS) is 19.1. The number of carbonyl (C=O) groups excluding carboxylic acids is 1. The number of aliphatic hydroxyl groups excluding tert-OH is 1. The lowest BCUT2D eigenvalue weighted by molar-refractivity contribution is 0.0526. The number of benzene rings is 2. The highest BCUT2D eigenvalue weighted by Crippen LogP contribution is 2.33. The maximum absolute atomic E-state index is 11.8. The van der Waals surface area contributed by atoms with Crippen LogP contribution < -0.4 is 14.8 Å². The van der Waals surface area contributed by atoms with Gasteiger partial charge in [0.05, 0.1) is 24.1 Å². The summed E-state index contributed by atoms with van der Waals surface area (Å²) in [6, 6.07) is 12.2. The summed E-state index contributed by atoms with van der Waals surface area (Å²) in [5.74, 6) is 0.269. The number of carbonyl (C=O) groups is 1. The lowest BCUT2D eigenvalue weighted by atomic mass is 9.81. The molecule has 1 saturated carbocycles. The molecule has 0 spiro atoms. The monoisotopic (exact) mass is 506 g/mol. The summed E-state index contributed by atoms with van der Waals surface area (Å²) in [6.45, 7) is 2.55. The van der Waals surface area contributed by atoms with E-state index in [0.29, 0.717) is 36.4 Å². The molecule has 35 heavy (non-hydrogen) atoms. The van der Waals surface area contributed by atoms with Crippen molar-refractivity contribution in [3.63, 3.8) is 0 Å². The van der Waals surface area contributed by atoms with Gasteiger partial charge in [-0.3, -0.25) is 4.72 Å². The molecule has 1 aliphatic rings. The standard InChI is InChI=1S/C25H34N2O7S/c1-3-33-25(30)19-6-4-17(5-7-19)18-8-10-20(11-9-18)26-15-21(28)16-34-22-12-13-24(29)23(14-22)27-35(2,31)32/h4-7,12-14,18,20-21,26-29H,3,8-11,15-16H2,1-2H3. The molecule has 1 fully saturated rings. The van der Waals surface area contributed by atoms with Gasteiger partial charge in [0, 0.05) is 18.7 Å². The van der Waals surface area contributed by atoms with Crippen LogP contribution in [0.5, 0.6) is 11.5 Å². The van der Waals surface area contributed by atoms with E-state index in [1.807, 2.05) is 24.3 Å². The number of sulfonamides is 1. The highest BCUT2D eigenvalue weighted by Gasteiger charge is 2.23. The van der Waals surface area contributed by atoms with Crippen molar-refractivity contribution in [1.29, 1.82) is 0 Å². The third kappa shape index (κ3) is 8.41. The van der Waals surface area contributed by atoms with E-state index in [1.165, 1.54) is 23.8 Å². The van der Waals surface area contributed by atoms with Gasteiger partial charge in [-0.25, -0.2) is 13.2 Å². The van der Waals surface area contributed by atoms with Gasteiger partial charge in [-0.15, -0.1) is 0 Å². The smallest absolute Gasteiger partial charge is 0.338 e. The van der Waals surface area contributed by atoms with Gasteiger partial charge in [-0.2, -0.15) is 0 Å². The van der Waals surface area contributed by atoms with Crippen LogP contribution in [0.25, 0.3) is 0 Å². The Hall–Kier alpha value is -2.82. The predicted octanol–water partition coefficient (Wildman–Crippen LogP) is 3.00. The molecule has 3 rings (SSSR count). The zero-order valence-electron chi connectivity index (χ0n) is 20.1. The number of hydrogen-bond acceptors (Lipinski definition) is 8. The Kier molecular flexibility index (Phi) is 9.36. The molecule has 2 aromatic rings. The Morgan fingerprint density at radius 1 is 1.11 bits per heavy atom. The lowest BCUT2D eigenvalue weighted by Gasteiger charge is -2.30. The van der Waals surface area contributed by atoms with Crippen LogP contribution >= 0.6 is 0 Å². The summed E-state index contributed by atoms with van der Waals surface area (Å²) in [5.41, 5.74) is 1.81. The summed E-state index contributed by atoms with van der Waals surface area (Å²) < 4.78 is 35.6. The molecule has 2 aromatic carbocycles. The molecule has 0 amide bonds. The number of phenolic OH excluding ortho intramolecular Hbond substituents is 1. The number of rotatable bonds is 11. The third-order valence-electron chi connectivity index (χ3n) is 5.97.